The number of carboxylic acids is 1. The number of carboxylic acid groups (broad SMARTS) is 1. The number of carbonyl (C=O) groups is 1. The van der Waals surface area contributed by atoms with E-state index in [0.717, 1.165) is 18.8 Å². The van der Waals surface area contributed by atoms with Crippen LogP contribution >= 0.6 is 0 Å². The van der Waals surface area contributed by atoms with Gasteiger partial charge in [-0.1, -0.05) is 26.2 Å². The molecular weight excluding hydrogens is 232 g/mol. The average Bonchev–Trinajstić information content (AvgIpc) is 2.85. The van der Waals surface area contributed by atoms with Crippen LogP contribution in [0.1, 0.15) is 55.1 Å². The molecule has 0 radical (unpaired) electrons. The lowest BCUT2D eigenvalue weighted by molar-refractivity contribution is -0.00533. The number of aromatic carboxylic acids is 1. The van der Waals surface area contributed by atoms with Gasteiger partial charge >= 0.3 is 5.97 Å². The number of furan rings is 1. The Morgan fingerprint density at radius 1 is 1.56 bits per heavy atom. The van der Waals surface area contributed by atoms with Crippen molar-refractivity contribution in [2.45, 2.75) is 51.7 Å². The molecule has 2 atom stereocenters. The van der Waals surface area contributed by atoms with Gasteiger partial charge in [-0.05, 0) is 24.8 Å². The first-order chi connectivity index (χ1) is 8.69. The predicted octanol–water partition coefficient (Wildman–Crippen LogP) is 3.46. The largest absolute Gasteiger partial charge is 0.478 e. The van der Waals surface area contributed by atoms with Crippen molar-refractivity contribution < 1.29 is 19.1 Å². The second-order valence-electron chi connectivity index (χ2n) is 4.98. The van der Waals surface area contributed by atoms with Gasteiger partial charge in [-0.2, -0.15) is 0 Å². The van der Waals surface area contributed by atoms with Crippen molar-refractivity contribution in [3.05, 3.63) is 23.7 Å². The molecule has 1 aliphatic rings. The molecule has 0 amide bonds. The van der Waals surface area contributed by atoms with Gasteiger partial charge in [0.05, 0.1) is 11.7 Å². The predicted molar refractivity (Wildman–Crippen MR) is 66.5 cm³/mol. The Balaban J connectivity index is 1.81. The van der Waals surface area contributed by atoms with Crippen molar-refractivity contribution in [2.24, 2.45) is 5.92 Å². The Kier molecular flexibility index (Phi) is 4.42. The van der Waals surface area contributed by atoms with E-state index in [1.54, 1.807) is 0 Å². The van der Waals surface area contributed by atoms with Gasteiger partial charge < -0.3 is 14.3 Å². The van der Waals surface area contributed by atoms with Crippen molar-refractivity contribution in [3.63, 3.8) is 0 Å². The van der Waals surface area contributed by atoms with Gasteiger partial charge in [0, 0.05) is 0 Å². The number of hydrogen-bond acceptors (Lipinski definition) is 3. The molecule has 1 N–H and O–H groups in total. The highest BCUT2D eigenvalue weighted by Crippen LogP contribution is 2.29. The van der Waals surface area contributed by atoms with E-state index in [1.165, 1.54) is 31.6 Å². The zero-order chi connectivity index (χ0) is 13.0. The van der Waals surface area contributed by atoms with Crippen LogP contribution in [0.4, 0.5) is 0 Å². The van der Waals surface area contributed by atoms with Crippen LogP contribution in [-0.2, 0) is 11.3 Å². The summed E-state index contributed by atoms with van der Waals surface area (Å²) in [6.07, 6.45) is 7.51. The van der Waals surface area contributed by atoms with Gasteiger partial charge in [0.1, 0.15) is 18.6 Å². The van der Waals surface area contributed by atoms with Crippen LogP contribution in [0.3, 0.4) is 0 Å². The molecule has 0 bridgehead atoms. The third-order valence-electron chi connectivity index (χ3n) is 3.67. The van der Waals surface area contributed by atoms with Crippen LogP contribution in [0.5, 0.6) is 0 Å². The second kappa shape index (κ2) is 6.05. The van der Waals surface area contributed by atoms with Gasteiger partial charge in [-0.15, -0.1) is 0 Å². The first kappa shape index (κ1) is 13.1. The Morgan fingerprint density at radius 3 is 3.06 bits per heavy atom. The van der Waals surface area contributed by atoms with E-state index in [0.29, 0.717) is 18.5 Å². The molecule has 4 heteroatoms. The Bertz CT molecular complexity index is 396. The van der Waals surface area contributed by atoms with E-state index in [4.69, 9.17) is 14.3 Å². The summed E-state index contributed by atoms with van der Waals surface area (Å²) < 4.78 is 11.0. The highest BCUT2D eigenvalue weighted by Gasteiger charge is 2.21. The molecule has 2 unspecified atom stereocenters. The van der Waals surface area contributed by atoms with Crippen LogP contribution in [0.25, 0.3) is 0 Å². The van der Waals surface area contributed by atoms with E-state index in [1.807, 2.05) is 0 Å². The summed E-state index contributed by atoms with van der Waals surface area (Å²) in [4.78, 5) is 10.7. The molecule has 0 aliphatic heterocycles. The van der Waals surface area contributed by atoms with Crippen molar-refractivity contribution in [1.82, 2.24) is 0 Å². The summed E-state index contributed by atoms with van der Waals surface area (Å²) in [5.41, 5.74) is 0.184. The number of hydrogen-bond donors (Lipinski definition) is 1. The molecule has 1 aromatic rings. The van der Waals surface area contributed by atoms with Crippen molar-refractivity contribution in [3.8, 4) is 0 Å². The Hall–Kier alpha value is -1.29. The third kappa shape index (κ3) is 3.35. The molecule has 1 aliphatic carbocycles. The maximum atomic E-state index is 10.7. The zero-order valence-corrected chi connectivity index (χ0v) is 10.7. The zero-order valence-electron chi connectivity index (χ0n) is 10.7. The molecule has 1 heterocycles. The lowest BCUT2D eigenvalue weighted by Gasteiger charge is -2.28. The van der Waals surface area contributed by atoms with Crippen molar-refractivity contribution in [1.29, 1.82) is 0 Å². The average molecular weight is 252 g/mol. The molecule has 1 saturated carbocycles. The Morgan fingerprint density at radius 2 is 2.39 bits per heavy atom. The quantitative estimate of drug-likeness (QED) is 0.871. The van der Waals surface area contributed by atoms with Crippen LogP contribution < -0.4 is 0 Å². The molecule has 100 valence electrons. The monoisotopic (exact) mass is 252 g/mol. The summed E-state index contributed by atoms with van der Waals surface area (Å²) in [5.74, 6) is 0.398. The smallest absolute Gasteiger partial charge is 0.338 e. The lowest BCUT2D eigenvalue weighted by atomic mass is 9.85. The summed E-state index contributed by atoms with van der Waals surface area (Å²) in [7, 11) is 0. The fraction of sp³-hybridized carbons (Fsp3) is 0.643. The van der Waals surface area contributed by atoms with E-state index in [9.17, 15) is 4.79 Å². The fourth-order valence-corrected chi connectivity index (χ4v) is 2.53. The van der Waals surface area contributed by atoms with Crippen molar-refractivity contribution in [2.75, 3.05) is 0 Å². The first-order valence-corrected chi connectivity index (χ1v) is 6.61. The van der Waals surface area contributed by atoms with Gasteiger partial charge in [0.2, 0.25) is 0 Å². The molecule has 4 nitrogen and oxygen atoms in total. The molecule has 0 spiro atoms. The summed E-state index contributed by atoms with van der Waals surface area (Å²) in [5, 5.41) is 8.78. The minimum absolute atomic E-state index is 0.184. The van der Waals surface area contributed by atoms with Gasteiger partial charge in [-0.3, -0.25) is 0 Å². The van der Waals surface area contributed by atoms with Gasteiger partial charge in [0.15, 0.2) is 0 Å². The van der Waals surface area contributed by atoms with E-state index >= 15 is 0 Å². The summed E-state index contributed by atoms with van der Waals surface area (Å²) >= 11 is 0. The molecule has 1 aromatic heterocycles. The topological polar surface area (TPSA) is 59.7 Å². The molecule has 0 aromatic carbocycles. The molecule has 2 rings (SSSR count). The SMILES string of the molecule is CCC1CCCC(OCc2cc(C(=O)O)co2)C1. The second-order valence-corrected chi connectivity index (χ2v) is 4.98. The van der Waals surface area contributed by atoms with Gasteiger partial charge in [0.25, 0.3) is 0 Å². The number of ether oxygens (including phenoxy) is 1. The lowest BCUT2D eigenvalue weighted by Crippen LogP contribution is -2.22. The standard InChI is InChI=1S/C14H20O4/c1-2-10-4-3-5-12(6-10)18-9-13-7-11(8-17-13)14(15)16/h7-8,10,12H,2-6,9H2,1H3,(H,15,16). The molecule has 0 saturated heterocycles. The van der Waals surface area contributed by atoms with E-state index in [-0.39, 0.29) is 5.56 Å². The van der Waals surface area contributed by atoms with Crippen molar-refractivity contribution >= 4 is 5.97 Å². The third-order valence-corrected chi connectivity index (χ3v) is 3.67. The highest BCUT2D eigenvalue weighted by atomic mass is 16.5. The minimum atomic E-state index is -0.964. The number of rotatable bonds is 5. The highest BCUT2D eigenvalue weighted by molar-refractivity contribution is 5.87. The minimum Gasteiger partial charge on any atom is -0.478 e. The molecule has 1 fully saturated rings. The van der Waals surface area contributed by atoms with E-state index < -0.39 is 5.97 Å². The van der Waals surface area contributed by atoms with Gasteiger partial charge in [-0.25, -0.2) is 4.79 Å². The molecule has 18 heavy (non-hydrogen) atoms. The van der Waals surface area contributed by atoms with E-state index in [2.05, 4.69) is 6.92 Å². The van der Waals surface area contributed by atoms with Crippen LogP contribution in [0.15, 0.2) is 16.7 Å². The maximum Gasteiger partial charge on any atom is 0.338 e. The maximum absolute atomic E-state index is 10.7. The first-order valence-electron chi connectivity index (χ1n) is 6.61. The molecular formula is C14H20O4. The Labute approximate surface area is 107 Å². The summed E-state index contributed by atoms with van der Waals surface area (Å²) in [6, 6.07) is 1.53. The normalized spacial score (nSPS) is 24.1. The van der Waals surface area contributed by atoms with Crippen LogP contribution in [-0.4, -0.2) is 17.2 Å². The van der Waals surface area contributed by atoms with Crippen LogP contribution in [0.2, 0.25) is 0 Å². The van der Waals surface area contributed by atoms with Crippen LogP contribution in [0, 0.1) is 5.92 Å². The summed E-state index contributed by atoms with van der Waals surface area (Å²) in [6.45, 7) is 2.59. The fourth-order valence-electron chi connectivity index (χ4n) is 2.53.